The molecule has 0 aliphatic carbocycles. The van der Waals surface area contributed by atoms with Gasteiger partial charge in [-0.15, -0.1) is 0 Å². The lowest BCUT2D eigenvalue weighted by Gasteiger charge is -2.30. The molecule has 0 aromatic heterocycles. The van der Waals surface area contributed by atoms with Crippen LogP contribution in [0.15, 0.2) is 0 Å². The van der Waals surface area contributed by atoms with Gasteiger partial charge >= 0.3 is 17.9 Å². The Kier molecular flexibility index (Phi) is 13.5. The fraction of sp³-hybridized carbons (Fsp3) is 0.692. The van der Waals surface area contributed by atoms with Crippen molar-refractivity contribution in [2.24, 2.45) is 0 Å². The second-order valence-corrected chi connectivity index (χ2v) is 10.8. The molecule has 2 aliphatic rings. The average molecular weight is 629 g/mol. The number of carboxylic acid groups (broad SMARTS) is 3. The maximum Gasteiger partial charge on any atom is 0.326 e. The Bertz CT molecular complexity index is 1120. The van der Waals surface area contributed by atoms with Gasteiger partial charge in [-0.2, -0.15) is 0 Å². The van der Waals surface area contributed by atoms with Crippen molar-refractivity contribution < 1.29 is 58.8 Å². The van der Waals surface area contributed by atoms with Crippen molar-refractivity contribution in [2.75, 3.05) is 13.1 Å². The first-order chi connectivity index (χ1) is 20.6. The Morgan fingerprint density at radius 3 is 2.05 bits per heavy atom. The summed E-state index contributed by atoms with van der Waals surface area (Å²) in [4.78, 5) is 99.1. The topological polar surface area (TPSA) is 281 Å². The van der Waals surface area contributed by atoms with E-state index in [9.17, 15) is 48.6 Å². The van der Waals surface area contributed by atoms with E-state index in [0.29, 0.717) is 19.4 Å². The zero-order valence-corrected chi connectivity index (χ0v) is 24.4. The molecule has 5 amide bonds. The third-order valence-corrected chi connectivity index (χ3v) is 7.28. The van der Waals surface area contributed by atoms with E-state index in [1.165, 1.54) is 6.92 Å². The van der Waals surface area contributed by atoms with Crippen molar-refractivity contribution in [1.29, 1.82) is 0 Å². The van der Waals surface area contributed by atoms with Crippen molar-refractivity contribution in [3.63, 3.8) is 0 Å². The number of nitrogens with one attached hydrogen (secondary N) is 5. The molecule has 0 bridgehead atoms. The van der Waals surface area contributed by atoms with Gasteiger partial charge in [-0.1, -0.05) is 0 Å². The number of hydrogen-bond acceptors (Lipinski definition) is 10. The summed E-state index contributed by atoms with van der Waals surface area (Å²) in [5.41, 5.74) is 0. The third kappa shape index (κ3) is 10.4. The molecule has 0 radical (unpaired) electrons. The van der Waals surface area contributed by atoms with E-state index >= 15 is 0 Å². The minimum absolute atomic E-state index is 0.106. The summed E-state index contributed by atoms with van der Waals surface area (Å²) < 4.78 is 0. The molecule has 2 aliphatic heterocycles. The number of likely N-dealkylation sites (tertiary alicyclic amines) is 1. The molecule has 2 fully saturated rings. The summed E-state index contributed by atoms with van der Waals surface area (Å²) in [5, 5.41) is 49.5. The molecule has 7 atom stereocenters. The standard InChI is InChI=1S/C26H40N6O12/c1-12(28-22(39)15(7-8-18(34)35)29-21(38)14-5-3-9-27-14)25(42)32-10-4-6-17(32)23(40)31-20(13(2)33)24(41)30-16(26(43)44)11-19(36)37/h12-17,20,27,33H,3-11H2,1-2H3,(H,28,39)(H,29,38)(H,30,41)(H,31,40)(H,34,35)(H,36,37)(H,43,44)/t12-,13+,14-,15-,16-,17-,20-/m0/s1. The van der Waals surface area contributed by atoms with Crippen LogP contribution in [0.25, 0.3) is 0 Å². The van der Waals surface area contributed by atoms with Gasteiger partial charge in [-0.25, -0.2) is 4.79 Å². The molecule has 0 aromatic carbocycles. The lowest BCUT2D eigenvalue weighted by Crippen LogP contribution is -2.60. The summed E-state index contributed by atoms with van der Waals surface area (Å²) in [6.45, 7) is 3.23. The number of aliphatic hydroxyl groups is 1. The van der Waals surface area contributed by atoms with Gasteiger partial charge in [0.15, 0.2) is 0 Å². The summed E-state index contributed by atoms with van der Waals surface area (Å²) >= 11 is 0. The summed E-state index contributed by atoms with van der Waals surface area (Å²) in [6.07, 6.45) is -1.28. The normalized spacial score (nSPS) is 21.2. The number of amides is 5. The van der Waals surface area contributed by atoms with Gasteiger partial charge in [0.2, 0.25) is 29.5 Å². The van der Waals surface area contributed by atoms with E-state index in [4.69, 9.17) is 10.2 Å². The van der Waals surface area contributed by atoms with E-state index in [1.807, 2.05) is 5.32 Å². The molecule has 2 saturated heterocycles. The third-order valence-electron chi connectivity index (χ3n) is 7.28. The number of carboxylic acids is 3. The van der Waals surface area contributed by atoms with Crippen LogP contribution in [0, 0.1) is 0 Å². The van der Waals surface area contributed by atoms with E-state index in [1.54, 1.807) is 0 Å². The van der Waals surface area contributed by atoms with Gasteiger partial charge in [0, 0.05) is 13.0 Å². The van der Waals surface area contributed by atoms with Crippen molar-refractivity contribution >= 4 is 47.4 Å². The van der Waals surface area contributed by atoms with E-state index in [0.717, 1.165) is 18.2 Å². The molecule has 2 heterocycles. The molecule has 0 aromatic rings. The Morgan fingerprint density at radius 2 is 1.50 bits per heavy atom. The van der Waals surface area contributed by atoms with Crippen LogP contribution in [0.2, 0.25) is 0 Å². The SMILES string of the molecule is C[C@H](NC(=O)[C@H](CCC(=O)O)NC(=O)[C@@H]1CCCN1)C(=O)N1CCC[C@H]1C(=O)N[C@H](C(=O)N[C@@H](CC(=O)O)C(=O)O)[C@@H](C)O. The minimum atomic E-state index is -1.83. The fourth-order valence-electron chi connectivity index (χ4n) is 4.94. The Hall–Kier alpha value is -4.32. The highest BCUT2D eigenvalue weighted by molar-refractivity contribution is 5.97. The number of hydrogen-bond donors (Lipinski definition) is 9. The van der Waals surface area contributed by atoms with Gasteiger partial charge in [-0.05, 0) is 52.5 Å². The summed E-state index contributed by atoms with van der Waals surface area (Å²) in [7, 11) is 0. The molecule has 0 spiro atoms. The van der Waals surface area contributed by atoms with Crippen LogP contribution in [-0.4, -0.2) is 128 Å². The molecule has 0 saturated carbocycles. The first-order valence-electron chi connectivity index (χ1n) is 14.2. The number of carbonyl (C=O) groups excluding carboxylic acids is 5. The number of aliphatic carboxylic acids is 3. The summed E-state index contributed by atoms with van der Waals surface area (Å²) in [6, 6.07) is -7.60. The highest BCUT2D eigenvalue weighted by Crippen LogP contribution is 2.19. The summed E-state index contributed by atoms with van der Waals surface area (Å²) in [5.74, 6) is -8.27. The van der Waals surface area contributed by atoms with Crippen LogP contribution in [-0.2, 0) is 38.4 Å². The van der Waals surface area contributed by atoms with Crippen LogP contribution < -0.4 is 26.6 Å². The lowest BCUT2D eigenvalue weighted by atomic mass is 10.1. The first kappa shape index (κ1) is 35.9. The molecule has 246 valence electrons. The zero-order valence-electron chi connectivity index (χ0n) is 24.4. The van der Waals surface area contributed by atoms with E-state index < -0.39 is 103 Å². The van der Waals surface area contributed by atoms with E-state index in [2.05, 4.69) is 21.3 Å². The van der Waals surface area contributed by atoms with Crippen LogP contribution in [0.5, 0.6) is 0 Å². The predicted molar refractivity (Wildman–Crippen MR) is 148 cm³/mol. The van der Waals surface area contributed by atoms with Gasteiger partial charge in [-0.3, -0.25) is 33.6 Å². The molecule has 2 rings (SSSR count). The van der Waals surface area contributed by atoms with Gasteiger partial charge in [0.25, 0.3) is 0 Å². The number of carbonyl (C=O) groups is 8. The molecule has 18 heteroatoms. The minimum Gasteiger partial charge on any atom is -0.481 e. The Labute approximate surface area is 252 Å². The number of rotatable bonds is 16. The second kappa shape index (κ2) is 16.5. The quantitative estimate of drug-likeness (QED) is 0.0803. The largest absolute Gasteiger partial charge is 0.481 e. The van der Waals surface area contributed by atoms with Gasteiger partial charge in [0.05, 0.1) is 18.6 Å². The molecule has 0 unspecified atom stereocenters. The predicted octanol–water partition coefficient (Wildman–Crippen LogP) is -3.51. The highest BCUT2D eigenvalue weighted by atomic mass is 16.4. The number of nitrogens with zero attached hydrogens (tertiary/aromatic N) is 1. The average Bonchev–Trinajstić information content (AvgIpc) is 3.65. The van der Waals surface area contributed by atoms with Crippen molar-refractivity contribution in [1.82, 2.24) is 31.5 Å². The van der Waals surface area contributed by atoms with Gasteiger partial charge in [0.1, 0.15) is 30.2 Å². The molecular weight excluding hydrogens is 588 g/mol. The smallest absolute Gasteiger partial charge is 0.326 e. The van der Waals surface area contributed by atoms with Crippen LogP contribution in [0.4, 0.5) is 0 Å². The Morgan fingerprint density at radius 1 is 0.818 bits per heavy atom. The first-order valence-corrected chi connectivity index (χ1v) is 14.2. The van der Waals surface area contributed by atoms with E-state index in [-0.39, 0.29) is 19.4 Å². The monoisotopic (exact) mass is 628 g/mol. The van der Waals surface area contributed by atoms with Crippen molar-refractivity contribution in [3.8, 4) is 0 Å². The van der Waals surface area contributed by atoms with Crippen LogP contribution >= 0.6 is 0 Å². The molecule has 18 nitrogen and oxygen atoms in total. The second-order valence-electron chi connectivity index (χ2n) is 10.8. The molecule has 9 N–H and O–H groups in total. The maximum absolute atomic E-state index is 13.3. The molecular formula is C26H40N6O12. The van der Waals surface area contributed by atoms with Crippen LogP contribution in [0.3, 0.4) is 0 Å². The maximum atomic E-state index is 13.3. The lowest BCUT2D eigenvalue weighted by molar-refractivity contribution is -0.148. The zero-order chi connectivity index (χ0) is 33.1. The van der Waals surface area contributed by atoms with Crippen LogP contribution in [0.1, 0.15) is 58.8 Å². The van der Waals surface area contributed by atoms with Crippen molar-refractivity contribution in [2.45, 2.75) is 101 Å². The number of aliphatic hydroxyl groups excluding tert-OH is 1. The highest BCUT2D eigenvalue weighted by Gasteiger charge is 2.39. The van der Waals surface area contributed by atoms with Crippen molar-refractivity contribution in [3.05, 3.63) is 0 Å². The molecule has 44 heavy (non-hydrogen) atoms. The van der Waals surface area contributed by atoms with Gasteiger partial charge < -0.3 is 51.9 Å². The Balaban J connectivity index is 2.07. The fourth-order valence-corrected chi connectivity index (χ4v) is 4.94.